The van der Waals surface area contributed by atoms with Gasteiger partial charge in [-0.05, 0) is 30.7 Å². The van der Waals surface area contributed by atoms with Crippen LogP contribution in [0, 0.1) is 18.6 Å². The highest BCUT2D eigenvalue weighted by molar-refractivity contribution is 5.75. The van der Waals surface area contributed by atoms with Gasteiger partial charge in [-0.25, -0.2) is 8.78 Å². The van der Waals surface area contributed by atoms with Gasteiger partial charge in [-0.3, -0.25) is 0 Å². The van der Waals surface area contributed by atoms with E-state index in [-0.39, 0.29) is 5.69 Å². The van der Waals surface area contributed by atoms with Gasteiger partial charge in [0.2, 0.25) is 0 Å². The third-order valence-corrected chi connectivity index (χ3v) is 2.52. The number of para-hydroxylation sites is 2. The molecule has 4 heteroatoms. The van der Waals surface area contributed by atoms with Crippen molar-refractivity contribution < 1.29 is 8.78 Å². The molecule has 2 aromatic carbocycles. The quantitative estimate of drug-likeness (QED) is 0.779. The van der Waals surface area contributed by atoms with Crippen molar-refractivity contribution in [1.82, 2.24) is 0 Å². The van der Waals surface area contributed by atoms with Gasteiger partial charge in [0, 0.05) is 0 Å². The average molecular weight is 234 g/mol. The highest BCUT2D eigenvalue weighted by atomic mass is 19.1. The first kappa shape index (κ1) is 11.4. The minimum Gasteiger partial charge on any atom is -0.397 e. The van der Waals surface area contributed by atoms with Crippen molar-refractivity contribution in [2.24, 2.45) is 0 Å². The molecule has 2 nitrogen and oxygen atoms in total. The SMILES string of the molecule is Cc1cccc(N)c1Nc1c(F)cccc1F. The fourth-order valence-corrected chi connectivity index (χ4v) is 1.60. The van der Waals surface area contributed by atoms with E-state index in [1.165, 1.54) is 18.2 Å². The number of nitrogens with one attached hydrogen (secondary N) is 1. The molecular formula is C13H12F2N2. The van der Waals surface area contributed by atoms with Crippen LogP contribution in [0.4, 0.5) is 25.8 Å². The van der Waals surface area contributed by atoms with Crippen LogP contribution in [0.15, 0.2) is 36.4 Å². The monoisotopic (exact) mass is 234 g/mol. The number of hydrogen-bond donors (Lipinski definition) is 2. The summed E-state index contributed by atoms with van der Waals surface area (Å²) in [4.78, 5) is 0. The number of benzene rings is 2. The van der Waals surface area contributed by atoms with E-state index >= 15 is 0 Å². The summed E-state index contributed by atoms with van der Waals surface area (Å²) in [5.41, 5.74) is 7.38. The minimum atomic E-state index is -0.646. The van der Waals surface area contributed by atoms with Crippen molar-refractivity contribution in [3.05, 3.63) is 53.6 Å². The summed E-state index contributed by atoms with van der Waals surface area (Å²) < 4.78 is 26.9. The molecule has 88 valence electrons. The zero-order chi connectivity index (χ0) is 12.4. The first-order chi connectivity index (χ1) is 8.09. The Hall–Kier alpha value is -2.10. The Morgan fingerprint density at radius 3 is 2.12 bits per heavy atom. The van der Waals surface area contributed by atoms with Crippen LogP contribution >= 0.6 is 0 Å². The molecule has 0 aliphatic heterocycles. The van der Waals surface area contributed by atoms with Crippen LogP contribution in [0.5, 0.6) is 0 Å². The molecule has 3 N–H and O–H groups in total. The first-order valence-corrected chi connectivity index (χ1v) is 5.15. The lowest BCUT2D eigenvalue weighted by molar-refractivity contribution is 0.591. The number of hydrogen-bond acceptors (Lipinski definition) is 2. The topological polar surface area (TPSA) is 38.0 Å². The Morgan fingerprint density at radius 2 is 1.53 bits per heavy atom. The van der Waals surface area contributed by atoms with E-state index in [0.717, 1.165) is 5.56 Å². The Morgan fingerprint density at radius 1 is 0.941 bits per heavy atom. The van der Waals surface area contributed by atoms with Gasteiger partial charge in [-0.2, -0.15) is 0 Å². The summed E-state index contributed by atoms with van der Waals surface area (Å²) in [7, 11) is 0. The van der Waals surface area contributed by atoms with Gasteiger partial charge in [0.1, 0.15) is 17.3 Å². The van der Waals surface area contributed by atoms with E-state index in [1.807, 2.05) is 13.0 Å². The van der Waals surface area contributed by atoms with Gasteiger partial charge in [0.25, 0.3) is 0 Å². The lowest BCUT2D eigenvalue weighted by Gasteiger charge is -2.13. The lowest BCUT2D eigenvalue weighted by Crippen LogP contribution is -2.02. The highest BCUT2D eigenvalue weighted by Crippen LogP contribution is 2.29. The van der Waals surface area contributed by atoms with Crippen LogP contribution in [-0.2, 0) is 0 Å². The fourth-order valence-electron chi connectivity index (χ4n) is 1.60. The van der Waals surface area contributed by atoms with Gasteiger partial charge in [-0.1, -0.05) is 18.2 Å². The maximum Gasteiger partial charge on any atom is 0.149 e. The lowest BCUT2D eigenvalue weighted by atomic mass is 10.1. The second kappa shape index (κ2) is 4.41. The number of nitrogen functional groups attached to an aromatic ring is 1. The van der Waals surface area contributed by atoms with Crippen molar-refractivity contribution in [2.75, 3.05) is 11.1 Å². The van der Waals surface area contributed by atoms with Crippen LogP contribution in [0.25, 0.3) is 0 Å². The summed E-state index contributed by atoms with van der Waals surface area (Å²) >= 11 is 0. The molecular weight excluding hydrogens is 222 g/mol. The summed E-state index contributed by atoms with van der Waals surface area (Å²) in [5, 5.41) is 2.70. The van der Waals surface area contributed by atoms with Crippen molar-refractivity contribution >= 4 is 17.1 Å². The van der Waals surface area contributed by atoms with Gasteiger partial charge in [0.15, 0.2) is 0 Å². The number of halogens is 2. The highest BCUT2D eigenvalue weighted by Gasteiger charge is 2.11. The molecule has 0 atom stereocenters. The molecule has 0 aliphatic carbocycles. The number of aryl methyl sites for hydroxylation is 1. The predicted molar refractivity (Wildman–Crippen MR) is 65.2 cm³/mol. The third-order valence-electron chi connectivity index (χ3n) is 2.52. The van der Waals surface area contributed by atoms with Crippen molar-refractivity contribution in [2.45, 2.75) is 6.92 Å². The maximum atomic E-state index is 13.5. The van der Waals surface area contributed by atoms with E-state index < -0.39 is 11.6 Å². The summed E-state index contributed by atoms with van der Waals surface area (Å²) in [6, 6.07) is 8.98. The van der Waals surface area contributed by atoms with Gasteiger partial charge in [-0.15, -0.1) is 0 Å². The second-order valence-corrected chi connectivity index (χ2v) is 3.76. The van der Waals surface area contributed by atoms with E-state index in [1.54, 1.807) is 12.1 Å². The third kappa shape index (κ3) is 2.20. The van der Waals surface area contributed by atoms with E-state index in [0.29, 0.717) is 11.4 Å². The molecule has 0 spiro atoms. The largest absolute Gasteiger partial charge is 0.397 e. The van der Waals surface area contributed by atoms with E-state index in [2.05, 4.69) is 5.32 Å². The van der Waals surface area contributed by atoms with E-state index in [4.69, 9.17) is 5.73 Å². The van der Waals surface area contributed by atoms with Crippen molar-refractivity contribution in [3.8, 4) is 0 Å². The average Bonchev–Trinajstić information content (AvgIpc) is 2.27. The second-order valence-electron chi connectivity index (χ2n) is 3.76. The zero-order valence-electron chi connectivity index (χ0n) is 9.30. The zero-order valence-corrected chi connectivity index (χ0v) is 9.30. The molecule has 2 aromatic rings. The van der Waals surface area contributed by atoms with Crippen molar-refractivity contribution in [1.29, 1.82) is 0 Å². The molecule has 0 aliphatic rings. The van der Waals surface area contributed by atoms with Crippen LogP contribution < -0.4 is 11.1 Å². The predicted octanol–water partition coefficient (Wildman–Crippen LogP) is 3.60. The van der Waals surface area contributed by atoms with Crippen molar-refractivity contribution in [3.63, 3.8) is 0 Å². The first-order valence-electron chi connectivity index (χ1n) is 5.15. The molecule has 0 bridgehead atoms. The normalized spacial score (nSPS) is 10.3. The molecule has 2 rings (SSSR count). The summed E-state index contributed by atoms with van der Waals surface area (Å²) in [6.45, 7) is 1.82. The van der Waals surface area contributed by atoms with Crippen LogP contribution in [0.1, 0.15) is 5.56 Å². The molecule has 0 aromatic heterocycles. The summed E-state index contributed by atoms with van der Waals surface area (Å²) in [6.07, 6.45) is 0. The smallest absolute Gasteiger partial charge is 0.149 e. The fraction of sp³-hybridized carbons (Fsp3) is 0.0769. The standard InChI is InChI=1S/C13H12F2N2/c1-8-4-2-7-11(16)12(8)17-13-9(14)5-3-6-10(13)15/h2-7,17H,16H2,1H3. The van der Waals surface area contributed by atoms with Gasteiger partial charge >= 0.3 is 0 Å². The van der Waals surface area contributed by atoms with Crippen LogP contribution in [0.3, 0.4) is 0 Å². The Bertz CT molecular complexity index is 463. The Balaban J connectivity index is 2.45. The Labute approximate surface area is 98.1 Å². The number of anilines is 3. The molecule has 17 heavy (non-hydrogen) atoms. The molecule has 0 saturated heterocycles. The Kier molecular flexibility index (Phi) is 2.95. The molecule has 0 fully saturated rings. The van der Waals surface area contributed by atoms with Gasteiger partial charge in [0.05, 0.1) is 11.4 Å². The molecule has 0 heterocycles. The minimum absolute atomic E-state index is 0.187. The summed E-state index contributed by atoms with van der Waals surface area (Å²) in [5.74, 6) is -1.29. The maximum absolute atomic E-state index is 13.5. The van der Waals surface area contributed by atoms with Crippen LogP contribution in [0.2, 0.25) is 0 Å². The number of rotatable bonds is 2. The van der Waals surface area contributed by atoms with Gasteiger partial charge < -0.3 is 11.1 Å². The number of nitrogens with two attached hydrogens (primary N) is 1. The molecule has 0 unspecified atom stereocenters. The molecule has 0 amide bonds. The molecule has 0 saturated carbocycles. The molecule has 0 radical (unpaired) electrons. The van der Waals surface area contributed by atoms with Crippen LogP contribution in [-0.4, -0.2) is 0 Å². The van der Waals surface area contributed by atoms with E-state index in [9.17, 15) is 8.78 Å².